The molecule has 1 aliphatic heterocycles. The third-order valence-corrected chi connectivity index (χ3v) is 5.82. The molecule has 7 nitrogen and oxygen atoms in total. The molecule has 0 radical (unpaired) electrons. The molecule has 1 amide bonds. The maximum Gasteiger partial charge on any atom is 0.312 e. The number of hydrogen-bond donors (Lipinski definition) is 1. The van der Waals surface area contributed by atoms with E-state index in [1.165, 1.54) is 13.8 Å². The number of Topliss-reactive ketones (excluding diaryl/α,β-unsaturated/α-hetero) is 2. The number of rotatable bonds is 7. The summed E-state index contributed by atoms with van der Waals surface area (Å²) in [4.78, 5) is 54.5. The van der Waals surface area contributed by atoms with Crippen LogP contribution < -0.4 is 4.90 Å². The molecule has 1 aromatic carbocycles. The molecule has 1 aromatic heterocycles. The predicted molar refractivity (Wildman–Crippen MR) is 116 cm³/mol. The second-order valence-corrected chi connectivity index (χ2v) is 8.01. The van der Waals surface area contributed by atoms with Gasteiger partial charge in [0.2, 0.25) is 11.7 Å². The smallest absolute Gasteiger partial charge is 0.312 e. The highest BCUT2D eigenvalue weighted by Crippen LogP contribution is 2.29. The fraction of sp³-hybridized carbons (Fsp3) is 0.417. The van der Waals surface area contributed by atoms with Crippen LogP contribution in [0.3, 0.4) is 0 Å². The maximum atomic E-state index is 12.8. The van der Waals surface area contributed by atoms with Crippen LogP contribution >= 0.6 is 0 Å². The molecule has 0 unspecified atom stereocenters. The summed E-state index contributed by atoms with van der Waals surface area (Å²) in [5, 5.41) is 0. The van der Waals surface area contributed by atoms with Crippen LogP contribution in [0.2, 0.25) is 0 Å². The van der Waals surface area contributed by atoms with Gasteiger partial charge in [-0.15, -0.1) is 0 Å². The van der Waals surface area contributed by atoms with Gasteiger partial charge in [-0.2, -0.15) is 0 Å². The third-order valence-electron chi connectivity index (χ3n) is 5.82. The van der Waals surface area contributed by atoms with E-state index in [1.54, 1.807) is 18.7 Å². The van der Waals surface area contributed by atoms with Crippen molar-refractivity contribution in [2.75, 3.05) is 11.4 Å². The second-order valence-electron chi connectivity index (χ2n) is 8.01. The average molecular weight is 424 g/mol. The number of H-pyrrole nitrogens is 1. The van der Waals surface area contributed by atoms with Gasteiger partial charge in [-0.25, -0.2) is 0 Å². The van der Waals surface area contributed by atoms with Crippen LogP contribution in [-0.4, -0.2) is 41.1 Å². The lowest BCUT2D eigenvalue weighted by Crippen LogP contribution is -2.31. The number of ketones is 2. The number of nitrogens with zero attached hydrogens (tertiary/aromatic N) is 1. The molecule has 31 heavy (non-hydrogen) atoms. The number of nitrogens with one attached hydrogen (secondary N) is 1. The molecular weight excluding hydrogens is 396 g/mol. The first-order valence-electron chi connectivity index (χ1n) is 10.5. The number of amides is 1. The molecule has 0 aliphatic carbocycles. The SMILES string of the molecule is CCc1ccccc1N1C[C@H](C(=O)O[C@@H](C)C(=O)c2[nH]c(C)c(C(C)=O)c2C)CC1=O. The van der Waals surface area contributed by atoms with Gasteiger partial charge < -0.3 is 14.6 Å². The zero-order chi connectivity index (χ0) is 22.9. The Hall–Kier alpha value is -3.22. The van der Waals surface area contributed by atoms with Crippen LogP contribution in [-0.2, 0) is 20.7 Å². The lowest BCUT2D eigenvalue weighted by atomic mass is 10.0. The summed E-state index contributed by atoms with van der Waals surface area (Å²) in [7, 11) is 0. The predicted octanol–water partition coefficient (Wildman–Crippen LogP) is 3.56. The van der Waals surface area contributed by atoms with Crippen LogP contribution in [0, 0.1) is 19.8 Å². The number of aromatic nitrogens is 1. The molecule has 2 heterocycles. The van der Waals surface area contributed by atoms with Crippen molar-refractivity contribution >= 4 is 29.1 Å². The molecular formula is C24H28N2O5. The van der Waals surface area contributed by atoms with E-state index in [1.807, 2.05) is 31.2 Å². The number of hydrogen-bond acceptors (Lipinski definition) is 5. The van der Waals surface area contributed by atoms with Crippen molar-refractivity contribution in [3.8, 4) is 0 Å². The van der Waals surface area contributed by atoms with Gasteiger partial charge in [-0.1, -0.05) is 25.1 Å². The summed E-state index contributed by atoms with van der Waals surface area (Å²) in [6.45, 7) is 8.61. The number of anilines is 1. The fourth-order valence-corrected chi connectivity index (χ4v) is 4.22. The number of esters is 1. The van der Waals surface area contributed by atoms with Crippen LogP contribution in [0.5, 0.6) is 0 Å². The first-order chi connectivity index (χ1) is 14.6. The summed E-state index contributed by atoms with van der Waals surface area (Å²) in [5.41, 5.74) is 3.75. The standard InChI is InChI=1S/C24H28N2O5/c1-6-17-9-7-8-10-19(17)26-12-18(11-20(26)28)24(30)31-16(5)23(29)22-13(2)21(15(4)27)14(3)25-22/h7-10,16,18,25H,6,11-12H2,1-5H3/t16-,18+/m0/s1. The Morgan fingerprint density at radius 1 is 1.23 bits per heavy atom. The third kappa shape index (κ3) is 4.31. The second kappa shape index (κ2) is 8.88. The van der Waals surface area contributed by atoms with E-state index < -0.39 is 23.8 Å². The lowest BCUT2D eigenvalue weighted by Gasteiger charge is -2.20. The van der Waals surface area contributed by atoms with Gasteiger partial charge in [0.05, 0.1) is 11.6 Å². The van der Waals surface area contributed by atoms with Gasteiger partial charge in [0.25, 0.3) is 0 Å². The highest BCUT2D eigenvalue weighted by atomic mass is 16.5. The van der Waals surface area contributed by atoms with Crippen molar-refractivity contribution in [3.63, 3.8) is 0 Å². The van der Waals surface area contributed by atoms with Crippen LogP contribution in [0.15, 0.2) is 24.3 Å². The molecule has 0 spiro atoms. The number of ether oxygens (including phenoxy) is 1. The van der Waals surface area contributed by atoms with E-state index in [0.29, 0.717) is 16.8 Å². The summed E-state index contributed by atoms with van der Waals surface area (Å²) in [6.07, 6.45) is -0.207. The molecule has 1 aliphatic rings. The van der Waals surface area contributed by atoms with Crippen LogP contribution in [0.25, 0.3) is 0 Å². The Kier molecular flexibility index (Phi) is 6.43. The first kappa shape index (κ1) is 22.5. The number of carbonyl (C=O) groups is 4. The normalized spacial score (nSPS) is 17.0. The van der Waals surface area contributed by atoms with Crippen LogP contribution in [0.4, 0.5) is 5.69 Å². The topological polar surface area (TPSA) is 96.5 Å². The number of aromatic amines is 1. The summed E-state index contributed by atoms with van der Waals surface area (Å²) in [5.74, 6) is -1.88. The number of benzene rings is 1. The van der Waals surface area contributed by atoms with Gasteiger partial charge in [0.1, 0.15) is 0 Å². The van der Waals surface area contributed by atoms with E-state index in [0.717, 1.165) is 17.7 Å². The molecule has 3 rings (SSSR count). The minimum absolute atomic E-state index is 0.0485. The number of aryl methyl sites for hydroxylation is 2. The molecule has 7 heteroatoms. The van der Waals surface area contributed by atoms with Crippen molar-refractivity contribution < 1.29 is 23.9 Å². The molecule has 1 N–H and O–H groups in total. The van der Waals surface area contributed by atoms with E-state index in [2.05, 4.69) is 4.98 Å². The molecule has 1 fully saturated rings. The van der Waals surface area contributed by atoms with Crippen molar-refractivity contribution in [3.05, 3.63) is 52.3 Å². The average Bonchev–Trinajstić information content (AvgIpc) is 3.26. The van der Waals surface area contributed by atoms with Gasteiger partial charge in [-0.3, -0.25) is 19.2 Å². The Morgan fingerprint density at radius 2 is 1.90 bits per heavy atom. The Labute approximate surface area is 181 Å². The van der Waals surface area contributed by atoms with E-state index in [9.17, 15) is 19.2 Å². The van der Waals surface area contributed by atoms with Crippen molar-refractivity contribution in [2.45, 2.75) is 53.6 Å². The summed E-state index contributed by atoms with van der Waals surface area (Å²) in [6, 6.07) is 7.62. The van der Waals surface area contributed by atoms with Crippen LogP contribution in [0.1, 0.15) is 64.9 Å². The molecule has 2 atom stereocenters. The van der Waals surface area contributed by atoms with Gasteiger partial charge in [0.15, 0.2) is 11.9 Å². The molecule has 164 valence electrons. The monoisotopic (exact) mass is 424 g/mol. The molecule has 0 bridgehead atoms. The lowest BCUT2D eigenvalue weighted by molar-refractivity contribution is -0.151. The quantitative estimate of drug-likeness (QED) is 0.541. The fourth-order valence-electron chi connectivity index (χ4n) is 4.22. The van der Waals surface area contributed by atoms with Gasteiger partial charge >= 0.3 is 5.97 Å². The number of para-hydroxylation sites is 1. The molecule has 2 aromatic rings. The van der Waals surface area contributed by atoms with E-state index in [4.69, 9.17) is 4.74 Å². The Bertz CT molecular complexity index is 1050. The minimum Gasteiger partial charge on any atom is -0.454 e. The highest BCUT2D eigenvalue weighted by Gasteiger charge is 2.38. The molecule has 1 saturated heterocycles. The largest absolute Gasteiger partial charge is 0.454 e. The van der Waals surface area contributed by atoms with Gasteiger partial charge in [0, 0.05) is 29.9 Å². The maximum absolute atomic E-state index is 12.8. The first-order valence-corrected chi connectivity index (χ1v) is 10.5. The zero-order valence-corrected chi connectivity index (χ0v) is 18.6. The highest BCUT2D eigenvalue weighted by molar-refractivity contribution is 6.05. The van der Waals surface area contributed by atoms with Crippen molar-refractivity contribution in [2.24, 2.45) is 5.92 Å². The minimum atomic E-state index is -1.03. The van der Waals surface area contributed by atoms with E-state index in [-0.39, 0.29) is 30.3 Å². The van der Waals surface area contributed by atoms with Crippen molar-refractivity contribution in [1.82, 2.24) is 4.98 Å². The Balaban J connectivity index is 1.71. The summed E-state index contributed by atoms with van der Waals surface area (Å²) < 4.78 is 5.43. The molecule has 0 saturated carbocycles. The zero-order valence-electron chi connectivity index (χ0n) is 18.6. The Morgan fingerprint density at radius 3 is 2.52 bits per heavy atom. The van der Waals surface area contributed by atoms with Crippen molar-refractivity contribution in [1.29, 1.82) is 0 Å². The summed E-state index contributed by atoms with van der Waals surface area (Å²) >= 11 is 0. The number of carbonyl (C=O) groups excluding carboxylic acids is 4. The van der Waals surface area contributed by atoms with Gasteiger partial charge in [-0.05, 0) is 51.3 Å². The van der Waals surface area contributed by atoms with E-state index >= 15 is 0 Å².